The molecule has 0 bridgehead atoms. The minimum absolute atomic E-state index is 0.0472. The second-order valence-electron chi connectivity index (χ2n) is 4.96. The van der Waals surface area contributed by atoms with Gasteiger partial charge in [0.25, 0.3) is 0 Å². The fraction of sp³-hybridized carbons (Fsp3) is 0. The van der Waals surface area contributed by atoms with E-state index >= 15 is 0 Å². The van der Waals surface area contributed by atoms with Crippen LogP contribution in [-0.4, -0.2) is 21.7 Å². The molecule has 0 unspecified atom stereocenters. The largest absolute Gasteiger partial charge is 0.383 e. The van der Waals surface area contributed by atoms with Crippen LogP contribution in [0.25, 0.3) is 10.8 Å². The maximum Gasteiger partial charge on any atom is 0.301 e. The van der Waals surface area contributed by atoms with E-state index in [1.54, 1.807) is 6.07 Å². The zero-order chi connectivity index (χ0) is 17.3. The van der Waals surface area contributed by atoms with Crippen molar-refractivity contribution in [2.45, 2.75) is 0 Å². The van der Waals surface area contributed by atoms with E-state index in [1.165, 1.54) is 0 Å². The van der Waals surface area contributed by atoms with Crippen LogP contribution < -0.4 is 17.2 Å². The van der Waals surface area contributed by atoms with E-state index in [0.717, 1.165) is 10.8 Å². The highest BCUT2D eigenvalue weighted by molar-refractivity contribution is 6.31. The number of rotatable bonds is 2. The predicted octanol–water partition coefficient (Wildman–Crippen LogP) is 1.99. The van der Waals surface area contributed by atoms with Gasteiger partial charge in [-0.15, -0.1) is 0 Å². The van der Waals surface area contributed by atoms with Crippen molar-refractivity contribution in [1.82, 2.24) is 9.97 Å². The number of anilines is 2. The lowest BCUT2D eigenvalue weighted by Gasteiger charge is -2.06. The number of nitrogens with zero attached hydrogens (tertiary/aromatic N) is 3. The van der Waals surface area contributed by atoms with E-state index in [-0.39, 0.29) is 28.3 Å². The highest BCUT2D eigenvalue weighted by Crippen LogP contribution is 2.20. The van der Waals surface area contributed by atoms with Crippen LogP contribution in [0.4, 0.5) is 11.6 Å². The number of halogens is 1. The second-order valence-corrected chi connectivity index (χ2v) is 5.32. The zero-order valence-electron chi connectivity index (χ0n) is 12.4. The Morgan fingerprint density at radius 3 is 2.50 bits per heavy atom. The van der Waals surface area contributed by atoms with E-state index in [2.05, 4.69) is 15.0 Å². The maximum absolute atomic E-state index is 12.3. The second kappa shape index (κ2) is 6.13. The molecule has 7 nitrogen and oxygen atoms in total. The zero-order valence-corrected chi connectivity index (χ0v) is 13.2. The molecule has 8 heteroatoms. The number of fused-ring (bicyclic) bond motifs is 1. The predicted molar refractivity (Wildman–Crippen MR) is 94.9 cm³/mol. The molecule has 24 heavy (non-hydrogen) atoms. The summed E-state index contributed by atoms with van der Waals surface area (Å²) in [7, 11) is 0. The third-order valence-corrected chi connectivity index (χ3v) is 3.67. The Hall–Kier alpha value is -3.19. The smallest absolute Gasteiger partial charge is 0.301 e. The van der Waals surface area contributed by atoms with E-state index in [4.69, 9.17) is 28.8 Å². The monoisotopic (exact) mass is 340 g/mol. The highest BCUT2D eigenvalue weighted by Gasteiger charge is 2.16. The van der Waals surface area contributed by atoms with E-state index in [9.17, 15) is 4.79 Å². The summed E-state index contributed by atoms with van der Waals surface area (Å²) in [4.78, 5) is 23.7. The van der Waals surface area contributed by atoms with Crippen molar-refractivity contribution in [3.8, 4) is 0 Å². The SMILES string of the molecule is NC(=NC(=O)c1nc(Cl)c(N)nc1N)c1cccc2ccccc12. The van der Waals surface area contributed by atoms with Gasteiger partial charge in [-0.3, -0.25) is 4.79 Å². The molecule has 3 aromatic rings. The van der Waals surface area contributed by atoms with Crippen LogP contribution in [0.5, 0.6) is 0 Å². The highest BCUT2D eigenvalue weighted by atomic mass is 35.5. The molecule has 2 aromatic carbocycles. The standard InChI is InChI=1S/C16H13ClN6O/c17-12-15(20)22-14(19)11(21-12)16(24)23-13(18)10-7-3-5-8-4-1-2-6-9(8)10/h1-7H,(H2,18,23,24)(H4,19,20,22). The average Bonchev–Trinajstić information content (AvgIpc) is 2.57. The molecule has 1 heterocycles. The van der Waals surface area contributed by atoms with Gasteiger partial charge in [0.2, 0.25) is 0 Å². The number of carbonyl (C=O) groups excluding carboxylic acids is 1. The number of hydrogen-bond donors (Lipinski definition) is 3. The van der Waals surface area contributed by atoms with Gasteiger partial charge in [0, 0.05) is 5.56 Å². The Bertz CT molecular complexity index is 980. The summed E-state index contributed by atoms with van der Waals surface area (Å²) in [6, 6.07) is 13.2. The van der Waals surface area contributed by atoms with E-state index in [1.807, 2.05) is 36.4 Å². The van der Waals surface area contributed by atoms with Crippen LogP contribution in [0.2, 0.25) is 5.15 Å². The number of nitrogens with two attached hydrogens (primary N) is 3. The lowest BCUT2D eigenvalue weighted by atomic mass is 10.0. The van der Waals surface area contributed by atoms with Crippen molar-refractivity contribution in [3.63, 3.8) is 0 Å². The van der Waals surface area contributed by atoms with Gasteiger partial charge in [-0.05, 0) is 10.8 Å². The van der Waals surface area contributed by atoms with Gasteiger partial charge >= 0.3 is 5.91 Å². The molecule has 3 rings (SSSR count). The van der Waals surface area contributed by atoms with Crippen molar-refractivity contribution >= 4 is 45.8 Å². The summed E-state index contributed by atoms with van der Waals surface area (Å²) in [5.41, 5.74) is 17.6. The number of hydrogen-bond acceptors (Lipinski definition) is 5. The van der Waals surface area contributed by atoms with Gasteiger partial charge in [0.15, 0.2) is 22.5 Å². The summed E-state index contributed by atoms with van der Waals surface area (Å²) in [5, 5.41) is 1.74. The van der Waals surface area contributed by atoms with Gasteiger partial charge in [0.05, 0.1) is 0 Å². The van der Waals surface area contributed by atoms with Crippen molar-refractivity contribution in [3.05, 3.63) is 58.9 Å². The number of carbonyl (C=O) groups is 1. The molecular weight excluding hydrogens is 328 g/mol. The van der Waals surface area contributed by atoms with E-state index in [0.29, 0.717) is 5.56 Å². The van der Waals surface area contributed by atoms with Crippen molar-refractivity contribution in [2.24, 2.45) is 10.7 Å². The normalized spacial score (nSPS) is 11.6. The van der Waals surface area contributed by atoms with Gasteiger partial charge in [-0.1, -0.05) is 54.1 Å². The Kier molecular flexibility index (Phi) is 4.01. The quantitative estimate of drug-likeness (QED) is 0.482. The molecule has 0 radical (unpaired) electrons. The molecule has 1 aromatic heterocycles. The first-order valence-corrected chi connectivity index (χ1v) is 7.30. The van der Waals surface area contributed by atoms with Gasteiger partial charge in [0.1, 0.15) is 5.84 Å². The number of nitrogen functional groups attached to an aromatic ring is 2. The van der Waals surface area contributed by atoms with Crippen LogP contribution in [0, 0.1) is 0 Å². The molecular formula is C16H13ClN6O. The Morgan fingerprint density at radius 2 is 1.71 bits per heavy atom. The van der Waals surface area contributed by atoms with Crippen LogP contribution in [0.3, 0.4) is 0 Å². The molecule has 120 valence electrons. The molecule has 0 fully saturated rings. The molecule has 0 aliphatic rings. The Labute approximate surface area is 142 Å². The first-order chi connectivity index (χ1) is 11.5. The Morgan fingerprint density at radius 1 is 1.00 bits per heavy atom. The Balaban J connectivity index is 2.04. The third-order valence-electron chi connectivity index (χ3n) is 3.40. The summed E-state index contributed by atoms with van der Waals surface area (Å²) in [5.74, 6) is -0.911. The number of aromatic nitrogens is 2. The summed E-state index contributed by atoms with van der Waals surface area (Å²) in [6.45, 7) is 0. The first-order valence-electron chi connectivity index (χ1n) is 6.92. The lowest BCUT2D eigenvalue weighted by molar-refractivity contribution is 0.0999. The average molecular weight is 341 g/mol. The van der Waals surface area contributed by atoms with Crippen molar-refractivity contribution in [2.75, 3.05) is 11.5 Å². The molecule has 0 saturated carbocycles. The molecule has 0 saturated heterocycles. The van der Waals surface area contributed by atoms with Gasteiger partial charge in [-0.2, -0.15) is 4.99 Å². The summed E-state index contributed by atoms with van der Waals surface area (Å²) in [6.07, 6.45) is 0. The van der Waals surface area contributed by atoms with Gasteiger partial charge in [-0.25, -0.2) is 9.97 Å². The van der Waals surface area contributed by atoms with Crippen LogP contribution in [0.15, 0.2) is 47.5 Å². The van der Waals surface area contributed by atoms with Crippen LogP contribution in [0.1, 0.15) is 16.1 Å². The van der Waals surface area contributed by atoms with Crippen molar-refractivity contribution < 1.29 is 4.79 Å². The molecule has 0 atom stereocenters. The first kappa shape index (κ1) is 15.7. The number of benzene rings is 2. The molecule has 0 spiro atoms. The van der Waals surface area contributed by atoms with Crippen LogP contribution >= 0.6 is 11.6 Å². The molecule has 1 amide bonds. The fourth-order valence-electron chi connectivity index (χ4n) is 2.27. The fourth-order valence-corrected chi connectivity index (χ4v) is 2.40. The minimum Gasteiger partial charge on any atom is -0.383 e. The number of amides is 1. The number of amidine groups is 1. The molecule has 6 N–H and O–H groups in total. The summed E-state index contributed by atoms with van der Waals surface area (Å²) >= 11 is 5.78. The third kappa shape index (κ3) is 2.84. The minimum atomic E-state index is -0.743. The van der Waals surface area contributed by atoms with Crippen molar-refractivity contribution in [1.29, 1.82) is 0 Å². The summed E-state index contributed by atoms with van der Waals surface area (Å²) < 4.78 is 0. The lowest BCUT2D eigenvalue weighted by Crippen LogP contribution is -2.18. The topological polar surface area (TPSA) is 133 Å². The molecule has 0 aliphatic carbocycles. The number of aliphatic imine (C=N–C) groups is 1. The van der Waals surface area contributed by atoms with E-state index < -0.39 is 5.91 Å². The van der Waals surface area contributed by atoms with Gasteiger partial charge < -0.3 is 17.2 Å². The molecule has 0 aliphatic heterocycles. The van der Waals surface area contributed by atoms with Crippen LogP contribution in [-0.2, 0) is 0 Å². The maximum atomic E-state index is 12.3.